The summed E-state index contributed by atoms with van der Waals surface area (Å²) in [7, 11) is -0.810. The van der Waals surface area contributed by atoms with Crippen molar-refractivity contribution in [2.24, 2.45) is 0 Å². The molecule has 15 heavy (non-hydrogen) atoms. The molecule has 0 fully saturated rings. The van der Waals surface area contributed by atoms with Crippen LogP contribution in [-0.4, -0.2) is 18.5 Å². The van der Waals surface area contributed by atoms with Gasteiger partial charge >= 0.3 is 0 Å². The minimum atomic E-state index is -0.810. The maximum absolute atomic E-state index is 2.36. The molecule has 0 atom stereocenters. The van der Waals surface area contributed by atoms with Crippen LogP contribution in [0, 0.1) is 0 Å². The Morgan fingerprint density at radius 2 is 1.47 bits per heavy atom. The monoisotopic (exact) mass is 244 g/mol. The van der Waals surface area contributed by atoms with Crippen LogP contribution in [0.4, 0.5) is 0 Å². The first-order valence-corrected chi connectivity index (χ1v) is 8.05. The van der Waals surface area contributed by atoms with Gasteiger partial charge in [0.2, 0.25) is 0 Å². The average Bonchev–Trinajstić information content (AvgIpc) is 2.27. The van der Waals surface area contributed by atoms with Crippen LogP contribution < -0.4 is 17.7 Å². The Hall–Kier alpha value is -0.0600. The van der Waals surface area contributed by atoms with Crippen molar-refractivity contribution in [3.8, 4) is 0 Å². The van der Waals surface area contributed by atoms with E-state index in [0.29, 0.717) is 0 Å². The lowest BCUT2D eigenvalue weighted by atomic mass is 10.4. The third-order valence-electron chi connectivity index (χ3n) is 3.17. The second kappa shape index (κ2) is 7.25. The Kier molecular flexibility index (Phi) is 7.22. The molecule has 0 saturated heterocycles. The molecular formula is C13H22ClP. The van der Waals surface area contributed by atoms with Crippen LogP contribution in [0.15, 0.2) is 30.3 Å². The topological polar surface area (TPSA) is 0 Å². The molecule has 0 unspecified atom stereocenters. The minimum absolute atomic E-state index is 0. The van der Waals surface area contributed by atoms with Gasteiger partial charge in [0.1, 0.15) is 0 Å². The van der Waals surface area contributed by atoms with Crippen molar-refractivity contribution in [1.82, 2.24) is 0 Å². The van der Waals surface area contributed by atoms with E-state index in [4.69, 9.17) is 0 Å². The molecule has 0 heterocycles. The summed E-state index contributed by atoms with van der Waals surface area (Å²) in [5.74, 6) is 0. The van der Waals surface area contributed by atoms with E-state index >= 15 is 0 Å². The smallest absolute Gasteiger partial charge is 0.0939 e. The van der Waals surface area contributed by atoms with Gasteiger partial charge in [0.25, 0.3) is 0 Å². The van der Waals surface area contributed by atoms with Gasteiger partial charge in [-0.15, -0.1) is 0 Å². The van der Waals surface area contributed by atoms with Gasteiger partial charge in [-0.05, 0) is 32.4 Å². The molecule has 0 nitrogen and oxygen atoms in total. The molecule has 86 valence electrons. The lowest BCUT2D eigenvalue weighted by Crippen LogP contribution is -3.00. The van der Waals surface area contributed by atoms with Crippen LogP contribution in [0.2, 0.25) is 0 Å². The zero-order valence-electron chi connectivity index (χ0n) is 10.0. The van der Waals surface area contributed by atoms with Crippen LogP contribution in [-0.2, 0) is 0 Å². The Labute approximate surface area is 101 Å². The highest BCUT2D eigenvalue weighted by molar-refractivity contribution is 7.82. The zero-order chi connectivity index (χ0) is 10.4. The molecule has 2 heteroatoms. The number of hydrogen-bond acceptors (Lipinski definition) is 0. The van der Waals surface area contributed by atoms with E-state index < -0.39 is 7.26 Å². The van der Waals surface area contributed by atoms with Crippen molar-refractivity contribution >= 4 is 12.6 Å². The summed E-state index contributed by atoms with van der Waals surface area (Å²) in [6.45, 7) is 7.03. The van der Waals surface area contributed by atoms with Crippen LogP contribution in [0.3, 0.4) is 0 Å². The molecule has 1 aromatic rings. The SMILES string of the molecule is CCC[P+](CC)(CC)c1ccccc1.[Cl-]. The van der Waals surface area contributed by atoms with Gasteiger partial charge in [0.05, 0.1) is 23.8 Å². The molecule has 1 aromatic carbocycles. The van der Waals surface area contributed by atoms with E-state index in [9.17, 15) is 0 Å². The van der Waals surface area contributed by atoms with Crippen molar-refractivity contribution in [3.05, 3.63) is 30.3 Å². The van der Waals surface area contributed by atoms with E-state index in [0.717, 1.165) is 0 Å². The van der Waals surface area contributed by atoms with Gasteiger partial charge in [-0.3, -0.25) is 0 Å². The van der Waals surface area contributed by atoms with Gasteiger partial charge in [0.15, 0.2) is 0 Å². The van der Waals surface area contributed by atoms with Crippen molar-refractivity contribution in [3.63, 3.8) is 0 Å². The Bertz CT molecular complexity index is 254. The minimum Gasteiger partial charge on any atom is -1.00 e. The Morgan fingerprint density at radius 3 is 1.87 bits per heavy atom. The first-order chi connectivity index (χ1) is 6.79. The fraction of sp³-hybridized carbons (Fsp3) is 0.538. The van der Waals surface area contributed by atoms with Crippen LogP contribution >= 0.6 is 7.26 Å². The fourth-order valence-electron chi connectivity index (χ4n) is 2.21. The zero-order valence-corrected chi connectivity index (χ0v) is 11.7. The Balaban J connectivity index is 0.00000196. The first-order valence-electron chi connectivity index (χ1n) is 5.70. The van der Waals surface area contributed by atoms with Crippen molar-refractivity contribution in [1.29, 1.82) is 0 Å². The highest BCUT2D eigenvalue weighted by Crippen LogP contribution is 2.57. The number of hydrogen-bond donors (Lipinski definition) is 0. The van der Waals surface area contributed by atoms with E-state index in [-0.39, 0.29) is 12.4 Å². The fourth-order valence-corrected chi connectivity index (χ4v) is 5.94. The van der Waals surface area contributed by atoms with Crippen LogP contribution in [0.25, 0.3) is 0 Å². The lowest BCUT2D eigenvalue weighted by molar-refractivity contribution is -0.00000307. The highest BCUT2D eigenvalue weighted by atomic mass is 35.5. The number of halogens is 1. The third kappa shape index (κ3) is 3.47. The molecule has 0 bridgehead atoms. The van der Waals surface area contributed by atoms with E-state index in [1.54, 1.807) is 5.30 Å². The molecule has 0 aliphatic rings. The summed E-state index contributed by atoms with van der Waals surface area (Å²) in [5, 5.41) is 1.63. The quantitative estimate of drug-likeness (QED) is 0.672. The Morgan fingerprint density at radius 1 is 0.933 bits per heavy atom. The molecular weight excluding hydrogens is 223 g/mol. The number of benzene rings is 1. The molecule has 0 aliphatic heterocycles. The van der Waals surface area contributed by atoms with Crippen molar-refractivity contribution < 1.29 is 12.4 Å². The van der Waals surface area contributed by atoms with Gasteiger partial charge in [0, 0.05) is 7.26 Å². The summed E-state index contributed by atoms with van der Waals surface area (Å²) in [6.07, 6.45) is 5.47. The maximum Gasteiger partial charge on any atom is 0.0939 e. The largest absolute Gasteiger partial charge is 1.00 e. The molecule has 0 amide bonds. The highest BCUT2D eigenvalue weighted by Gasteiger charge is 2.34. The predicted octanol–water partition coefficient (Wildman–Crippen LogP) is 0.783. The summed E-state index contributed by atoms with van der Waals surface area (Å²) in [5.41, 5.74) is 0. The normalized spacial score (nSPS) is 10.9. The van der Waals surface area contributed by atoms with Gasteiger partial charge in [-0.1, -0.05) is 25.1 Å². The van der Waals surface area contributed by atoms with Gasteiger partial charge < -0.3 is 12.4 Å². The van der Waals surface area contributed by atoms with Crippen LogP contribution in [0.1, 0.15) is 27.2 Å². The summed E-state index contributed by atoms with van der Waals surface area (Å²) >= 11 is 0. The third-order valence-corrected chi connectivity index (χ3v) is 8.28. The molecule has 1 rings (SSSR count). The first kappa shape index (κ1) is 14.9. The van der Waals surface area contributed by atoms with Crippen LogP contribution in [0.5, 0.6) is 0 Å². The molecule has 0 aromatic heterocycles. The lowest BCUT2D eigenvalue weighted by Gasteiger charge is -2.24. The average molecular weight is 245 g/mol. The second-order valence-electron chi connectivity index (χ2n) is 3.84. The van der Waals surface area contributed by atoms with Crippen molar-refractivity contribution in [2.45, 2.75) is 27.2 Å². The standard InChI is InChI=1S/C13H22P.ClH/c1-4-12-14(5-2,6-3)13-10-8-7-9-11-13;/h7-11H,4-6,12H2,1-3H3;1H/q+1;/p-1. The van der Waals surface area contributed by atoms with E-state index in [2.05, 4.69) is 51.1 Å². The molecule has 0 N–H and O–H groups in total. The van der Waals surface area contributed by atoms with Gasteiger partial charge in [-0.25, -0.2) is 0 Å². The molecule has 0 radical (unpaired) electrons. The van der Waals surface area contributed by atoms with Gasteiger partial charge in [-0.2, -0.15) is 0 Å². The predicted molar refractivity (Wildman–Crippen MR) is 69.2 cm³/mol. The van der Waals surface area contributed by atoms with Crippen molar-refractivity contribution in [2.75, 3.05) is 18.5 Å². The summed E-state index contributed by atoms with van der Waals surface area (Å²) in [4.78, 5) is 0. The van der Waals surface area contributed by atoms with E-state index in [1.807, 2.05) is 0 Å². The van der Waals surface area contributed by atoms with E-state index in [1.165, 1.54) is 24.9 Å². The maximum atomic E-state index is 2.36. The summed E-state index contributed by atoms with van der Waals surface area (Å²) < 4.78 is 0. The molecule has 0 aliphatic carbocycles. The second-order valence-corrected chi connectivity index (χ2v) is 8.36. The number of rotatable bonds is 5. The molecule has 0 saturated carbocycles. The summed E-state index contributed by atoms with van der Waals surface area (Å²) in [6, 6.07) is 11.2. The molecule has 0 spiro atoms.